The molecule has 3 heteroatoms. The highest BCUT2D eigenvalue weighted by Crippen LogP contribution is 2.27. The Balaban J connectivity index is 2.14. The number of halogens is 1. The van der Waals surface area contributed by atoms with E-state index in [4.69, 9.17) is 0 Å². The molecular weight excluding hydrogens is 314 g/mol. The second-order valence-corrected chi connectivity index (χ2v) is 5.82. The first-order chi connectivity index (χ1) is 9.61. The van der Waals surface area contributed by atoms with Gasteiger partial charge in [-0.25, -0.2) is 0 Å². The highest BCUT2D eigenvalue weighted by molar-refractivity contribution is 9.10. The molecule has 2 N–H and O–H groups in total. The summed E-state index contributed by atoms with van der Waals surface area (Å²) in [5.74, 6) is 0.308. The van der Waals surface area contributed by atoms with E-state index in [1.54, 1.807) is 12.1 Å². The largest absolute Gasteiger partial charge is 0.508 e. The van der Waals surface area contributed by atoms with Crippen molar-refractivity contribution in [2.75, 3.05) is 0 Å². The minimum Gasteiger partial charge on any atom is -0.508 e. The number of nitrogens with one attached hydrogen (secondary N) is 1. The van der Waals surface area contributed by atoms with Crippen LogP contribution in [0.25, 0.3) is 0 Å². The molecule has 0 aliphatic carbocycles. The molecule has 0 aromatic heterocycles. The van der Waals surface area contributed by atoms with E-state index < -0.39 is 0 Å². The van der Waals surface area contributed by atoms with Gasteiger partial charge in [-0.1, -0.05) is 53.2 Å². The lowest BCUT2D eigenvalue weighted by Gasteiger charge is -2.24. The van der Waals surface area contributed by atoms with Crippen LogP contribution in [0.5, 0.6) is 5.75 Å². The van der Waals surface area contributed by atoms with Crippen LogP contribution in [0.4, 0.5) is 0 Å². The van der Waals surface area contributed by atoms with Crippen molar-refractivity contribution in [1.82, 2.24) is 5.32 Å². The molecule has 20 heavy (non-hydrogen) atoms. The fourth-order valence-corrected chi connectivity index (χ4v) is 3.00. The standard InChI is InChI=1S/C17H20BrNO/c1-3-17(13-8-10-14(20)11-9-13)19-12(2)15-6-4-5-7-16(15)18/h4-12,17,19-20H,3H2,1-2H3/t12-,17?/m0/s1. The van der Waals surface area contributed by atoms with Crippen LogP contribution in [0.2, 0.25) is 0 Å². The molecule has 2 rings (SSSR count). The molecule has 0 radical (unpaired) electrons. The Morgan fingerprint density at radius 3 is 2.35 bits per heavy atom. The van der Waals surface area contributed by atoms with Gasteiger partial charge in [0.15, 0.2) is 0 Å². The molecule has 0 bridgehead atoms. The average molecular weight is 334 g/mol. The van der Waals surface area contributed by atoms with Crippen LogP contribution >= 0.6 is 15.9 Å². The maximum atomic E-state index is 9.38. The van der Waals surface area contributed by atoms with Gasteiger partial charge < -0.3 is 10.4 Å². The number of phenolic OH excluding ortho intramolecular Hbond substituents is 1. The smallest absolute Gasteiger partial charge is 0.115 e. The third-order valence-corrected chi connectivity index (χ3v) is 4.25. The fraction of sp³-hybridized carbons (Fsp3) is 0.294. The summed E-state index contributed by atoms with van der Waals surface area (Å²) in [6, 6.07) is 16.2. The Labute approximate surface area is 129 Å². The number of benzene rings is 2. The van der Waals surface area contributed by atoms with E-state index in [1.807, 2.05) is 18.2 Å². The zero-order chi connectivity index (χ0) is 14.5. The molecule has 0 spiro atoms. The summed E-state index contributed by atoms with van der Waals surface area (Å²) >= 11 is 3.60. The molecule has 0 aliphatic heterocycles. The van der Waals surface area contributed by atoms with Crippen LogP contribution in [0.1, 0.15) is 43.5 Å². The molecular formula is C17H20BrNO. The van der Waals surface area contributed by atoms with E-state index in [2.05, 4.69) is 53.3 Å². The normalized spacial score (nSPS) is 13.9. The van der Waals surface area contributed by atoms with Crippen LogP contribution in [0.3, 0.4) is 0 Å². The van der Waals surface area contributed by atoms with Gasteiger partial charge in [0.05, 0.1) is 0 Å². The summed E-state index contributed by atoms with van der Waals surface area (Å²) in [5, 5.41) is 13.0. The maximum absolute atomic E-state index is 9.38. The highest BCUT2D eigenvalue weighted by atomic mass is 79.9. The Morgan fingerprint density at radius 1 is 1.10 bits per heavy atom. The molecule has 0 fully saturated rings. The molecule has 0 amide bonds. The minimum atomic E-state index is 0.254. The summed E-state index contributed by atoms with van der Waals surface area (Å²) in [6.45, 7) is 4.33. The van der Waals surface area contributed by atoms with Gasteiger partial charge in [0.1, 0.15) is 5.75 Å². The van der Waals surface area contributed by atoms with Gasteiger partial charge >= 0.3 is 0 Å². The molecule has 2 aromatic carbocycles. The molecule has 0 saturated carbocycles. The summed E-state index contributed by atoms with van der Waals surface area (Å²) in [7, 11) is 0. The van der Waals surface area contributed by atoms with E-state index in [9.17, 15) is 5.11 Å². The summed E-state index contributed by atoms with van der Waals surface area (Å²) in [6.07, 6.45) is 1.000. The lowest BCUT2D eigenvalue weighted by Crippen LogP contribution is -2.24. The zero-order valence-corrected chi connectivity index (χ0v) is 13.4. The average Bonchev–Trinajstić information content (AvgIpc) is 2.46. The van der Waals surface area contributed by atoms with Crippen molar-refractivity contribution in [1.29, 1.82) is 0 Å². The number of hydrogen-bond acceptors (Lipinski definition) is 2. The number of rotatable bonds is 5. The van der Waals surface area contributed by atoms with Gasteiger partial charge in [0.2, 0.25) is 0 Å². The van der Waals surface area contributed by atoms with Crippen molar-refractivity contribution in [2.45, 2.75) is 32.4 Å². The van der Waals surface area contributed by atoms with Crippen LogP contribution < -0.4 is 5.32 Å². The maximum Gasteiger partial charge on any atom is 0.115 e. The molecule has 0 aliphatic rings. The number of phenols is 1. The second-order valence-electron chi connectivity index (χ2n) is 4.96. The van der Waals surface area contributed by atoms with Crippen LogP contribution in [-0.2, 0) is 0 Å². The third kappa shape index (κ3) is 3.62. The van der Waals surface area contributed by atoms with Gasteiger partial charge in [-0.3, -0.25) is 0 Å². The van der Waals surface area contributed by atoms with Crippen LogP contribution in [0, 0.1) is 0 Å². The molecule has 2 nitrogen and oxygen atoms in total. The third-order valence-electron chi connectivity index (χ3n) is 3.53. The lowest BCUT2D eigenvalue weighted by molar-refractivity contribution is 0.452. The minimum absolute atomic E-state index is 0.254. The molecule has 2 atom stereocenters. The van der Waals surface area contributed by atoms with Gasteiger partial charge in [-0.2, -0.15) is 0 Å². The Bertz CT molecular complexity index is 553. The van der Waals surface area contributed by atoms with E-state index in [0.717, 1.165) is 10.9 Å². The quantitative estimate of drug-likeness (QED) is 0.810. The summed E-state index contributed by atoms with van der Waals surface area (Å²) in [4.78, 5) is 0. The molecule has 0 heterocycles. The van der Waals surface area contributed by atoms with E-state index in [0.29, 0.717) is 5.75 Å². The van der Waals surface area contributed by atoms with Crippen LogP contribution in [-0.4, -0.2) is 5.11 Å². The summed E-state index contributed by atoms with van der Waals surface area (Å²) in [5.41, 5.74) is 2.45. The van der Waals surface area contributed by atoms with Crippen molar-refractivity contribution in [3.8, 4) is 5.75 Å². The molecule has 106 valence electrons. The Kier molecular flexibility index (Phi) is 5.21. The van der Waals surface area contributed by atoms with Gasteiger partial charge in [-0.05, 0) is 42.7 Å². The first-order valence-corrected chi connectivity index (χ1v) is 7.70. The number of aromatic hydroxyl groups is 1. The SMILES string of the molecule is CCC(N[C@@H](C)c1ccccc1Br)c1ccc(O)cc1. The van der Waals surface area contributed by atoms with Crippen molar-refractivity contribution < 1.29 is 5.11 Å². The highest BCUT2D eigenvalue weighted by Gasteiger charge is 2.15. The number of hydrogen-bond donors (Lipinski definition) is 2. The first-order valence-electron chi connectivity index (χ1n) is 6.91. The first kappa shape index (κ1) is 15.1. The van der Waals surface area contributed by atoms with Gasteiger partial charge in [-0.15, -0.1) is 0 Å². The van der Waals surface area contributed by atoms with Gasteiger partial charge in [0.25, 0.3) is 0 Å². The lowest BCUT2D eigenvalue weighted by atomic mass is 10.0. The van der Waals surface area contributed by atoms with Gasteiger partial charge in [0, 0.05) is 16.6 Å². The Hall–Kier alpha value is -1.32. The topological polar surface area (TPSA) is 32.3 Å². The predicted molar refractivity (Wildman–Crippen MR) is 86.8 cm³/mol. The van der Waals surface area contributed by atoms with Crippen LogP contribution in [0.15, 0.2) is 53.0 Å². The van der Waals surface area contributed by atoms with E-state index in [-0.39, 0.29) is 12.1 Å². The van der Waals surface area contributed by atoms with Crippen molar-refractivity contribution in [3.05, 3.63) is 64.1 Å². The molecule has 1 unspecified atom stereocenters. The molecule has 0 saturated heterocycles. The van der Waals surface area contributed by atoms with Crippen molar-refractivity contribution >= 4 is 15.9 Å². The summed E-state index contributed by atoms with van der Waals surface area (Å²) < 4.78 is 1.13. The van der Waals surface area contributed by atoms with Crippen molar-refractivity contribution in [2.24, 2.45) is 0 Å². The second kappa shape index (κ2) is 6.91. The van der Waals surface area contributed by atoms with E-state index >= 15 is 0 Å². The Morgan fingerprint density at radius 2 is 1.75 bits per heavy atom. The zero-order valence-electron chi connectivity index (χ0n) is 11.8. The van der Waals surface area contributed by atoms with Crippen molar-refractivity contribution in [3.63, 3.8) is 0 Å². The molecule has 2 aromatic rings. The predicted octanol–water partition coefficient (Wildman–Crippen LogP) is 4.96. The fourth-order valence-electron chi connectivity index (χ4n) is 2.37. The monoisotopic (exact) mass is 333 g/mol. The van der Waals surface area contributed by atoms with E-state index in [1.165, 1.54) is 11.1 Å².